The number of guanidine groups is 1. The molecule has 0 radical (unpaired) electrons. The molecule has 0 atom stereocenters. The van der Waals surface area contributed by atoms with Gasteiger partial charge in [0, 0.05) is 24.7 Å². The van der Waals surface area contributed by atoms with Crippen molar-refractivity contribution in [2.75, 3.05) is 26.2 Å². The van der Waals surface area contributed by atoms with Gasteiger partial charge in [-0.25, -0.2) is 4.99 Å². The first kappa shape index (κ1) is 22.0. The molecule has 1 aromatic carbocycles. The van der Waals surface area contributed by atoms with Crippen LogP contribution in [0.1, 0.15) is 32.3 Å². The van der Waals surface area contributed by atoms with Gasteiger partial charge in [-0.1, -0.05) is 23.7 Å². The molecular weight excluding hydrogens is 453 g/mol. The molecule has 0 aromatic heterocycles. The Kier molecular flexibility index (Phi) is 10.2. The number of ether oxygens (including phenoxy) is 1. The highest BCUT2D eigenvalue weighted by molar-refractivity contribution is 14.0. The summed E-state index contributed by atoms with van der Waals surface area (Å²) in [6.45, 7) is 7.37. The third-order valence-electron chi connectivity index (χ3n) is 4.05. The predicted octanol–water partition coefficient (Wildman–Crippen LogP) is 3.70. The van der Waals surface area contributed by atoms with Crippen LogP contribution in [0.5, 0.6) is 0 Å². The van der Waals surface area contributed by atoms with Crippen LogP contribution in [0.2, 0.25) is 5.02 Å². The number of nitrogens with zero attached hydrogens (tertiary/aromatic N) is 2. The highest BCUT2D eigenvalue weighted by Crippen LogP contribution is 2.19. The van der Waals surface area contributed by atoms with Crippen molar-refractivity contribution >= 4 is 47.5 Å². The number of hydrogen-bond donors (Lipinski definition) is 1. The van der Waals surface area contributed by atoms with Gasteiger partial charge in [-0.05, 0) is 44.4 Å². The van der Waals surface area contributed by atoms with Gasteiger partial charge in [0.1, 0.15) is 0 Å². The number of carbonyl (C=O) groups excluding carboxylic acids is 1. The van der Waals surface area contributed by atoms with Crippen LogP contribution in [0.3, 0.4) is 0 Å². The summed E-state index contributed by atoms with van der Waals surface area (Å²) in [7, 11) is 0. The molecule has 25 heavy (non-hydrogen) atoms. The van der Waals surface area contributed by atoms with E-state index in [1.54, 1.807) is 0 Å². The molecule has 0 saturated carbocycles. The molecule has 0 unspecified atom stereocenters. The van der Waals surface area contributed by atoms with Crippen molar-refractivity contribution in [3.8, 4) is 0 Å². The summed E-state index contributed by atoms with van der Waals surface area (Å²) in [5.41, 5.74) is 1.08. The summed E-state index contributed by atoms with van der Waals surface area (Å²) in [4.78, 5) is 18.8. The fourth-order valence-corrected chi connectivity index (χ4v) is 3.03. The van der Waals surface area contributed by atoms with Gasteiger partial charge in [-0.3, -0.25) is 4.79 Å². The topological polar surface area (TPSA) is 53.9 Å². The Morgan fingerprint density at radius 3 is 2.68 bits per heavy atom. The van der Waals surface area contributed by atoms with E-state index in [9.17, 15) is 4.79 Å². The van der Waals surface area contributed by atoms with Crippen molar-refractivity contribution < 1.29 is 9.53 Å². The summed E-state index contributed by atoms with van der Waals surface area (Å²) in [6.07, 6.45) is 1.61. The Labute approximate surface area is 172 Å². The Morgan fingerprint density at radius 1 is 1.36 bits per heavy atom. The largest absolute Gasteiger partial charge is 0.466 e. The molecule has 1 fully saturated rings. The van der Waals surface area contributed by atoms with Gasteiger partial charge >= 0.3 is 5.97 Å². The fraction of sp³-hybridized carbons (Fsp3) is 0.556. The zero-order valence-corrected chi connectivity index (χ0v) is 17.9. The van der Waals surface area contributed by atoms with Gasteiger partial charge in [0.05, 0.1) is 19.1 Å². The lowest BCUT2D eigenvalue weighted by Gasteiger charge is -2.33. The second-order valence-electron chi connectivity index (χ2n) is 5.81. The molecule has 7 heteroatoms. The lowest BCUT2D eigenvalue weighted by atomic mass is 9.97. The highest BCUT2D eigenvalue weighted by atomic mass is 127. The maximum absolute atomic E-state index is 11.8. The number of rotatable bonds is 5. The van der Waals surface area contributed by atoms with Gasteiger partial charge in [0.15, 0.2) is 5.96 Å². The van der Waals surface area contributed by atoms with E-state index in [2.05, 4.69) is 17.1 Å². The van der Waals surface area contributed by atoms with Crippen LogP contribution in [0, 0.1) is 5.92 Å². The molecular formula is C18H27ClIN3O2. The second-order valence-corrected chi connectivity index (χ2v) is 6.25. The number of nitrogens with one attached hydrogen (secondary N) is 1. The molecule has 0 bridgehead atoms. The number of aliphatic imine (C=N–C) groups is 1. The van der Waals surface area contributed by atoms with Crippen LogP contribution < -0.4 is 5.32 Å². The number of esters is 1. The zero-order valence-electron chi connectivity index (χ0n) is 14.8. The van der Waals surface area contributed by atoms with Crippen LogP contribution in [0.15, 0.2) is 29.3 Å². The fourth-order valence-electron chi connectivity index (χ4n) is 2.81. The lowest BCUT2D eigenvalue weighted by molar-refractivity contribution is -0.149. The molecule has 0 spiro atoms. The minimum absolute atomic E-state index is 0. The molecule has 1 heterocycles. The zero-order chi connectivity index (χ0) is 17.4. The lowest BCUT2D eigenvalue weighted by Crippen LogP contribution is -2.46. The van der Waals surface area contributed by atoms with E-state index < -0.39 is 0 Å². The Hall–Kier alpha value is -1.02. The first-order valence-electron chi connectivity index (χ1n) is 8.58. The minimum atomic E-state index is -0.0713. The quantitative estimate of drug-likeness (QED) is 0.303. The average Bonchev–Trinajstić information content (AvgIpc) is 2.59. The second kappa shape index (κ2) is 11.6. The molecule has 1 aliphatic heterocycles. The van der Waals surface area contributed by atoms with Gasteiger partial charge < -0.3 is 15.0 Å². The molecule has 1 N–H and O–H groups in total. The van der Waals surface area contributed by atoms with Crippen molar-refractivity contribution in [1.82, 2.24) is 10.2 Å². The third-order valence-corrected chi connectivity index (χ3v) is 4.28. The first-order valence-corrected chi connectivity index (χ1v) is 8.96. The molecule has 0 amide bonds. The molecule has 2 rings (SSSR count). The van der Waals surface area contributed by atoms with Crippen molar-refractivity contribution in [3.05, 3.63) is 34.9 Å². The summed E-state index contributed by atoms with van der Waals surface area (Å²) < 4.78 is 5.13. The number of piperidine rings is 1. The number of carbonyl (C=O) groups is 1. The number of halogens is 2. The summed E-state index contributed by atoms with van der Waals surface area (Å²) in [5.74, 6) is 0.829. The average molecular weight is 480 g/mol. The maximum atomic E-state index is 11.8. The molecule has 0 aliphatic carbocycles. The number of hydrogen-bond acceptors (Lipinski definition) is 3. The van der Waals surface area contributed by atoms with Crippen LogP contribution in [0.25, 0.3) is 0 Å². The van der Waals surface area contributed by atoms with E-state index >= 15 is 0 Å². The molecule has 5 nitrogen and oxygen atoms in total. The van der Waals surface area contributed by atoms with E-state index in [-0.39, 0.29) is 35.9 Å². The standard InChI is InChI=1S/C18H26ClN3O2.HI/c1-3-20-18(21-13-14-6-5-7-16(19)12-14)22-10-8-15(9-11-22)17(23)24-4-2;/h5-7,12,15H,3-4,8-11,13H2,1-2H3,(H,20,21);1H. The number of likely N-dealkylation sites (tertiary alicyclic amines) is 1. The van der Waals surface area contributed by atoms with Crippen LogP contribution in [0.4, 0.5) is 0 Å². The number of benzene rings is 1. The van der Waals surface area contributed by atoms with Crippen molar-refractivity contribution in [2.45, 2.75) is 33.2 Å². The van der Waals surface area contributed by atoms with Crippen LogP contribution in [-0.4, -0.2) is 43.1 Å². The van der Waals surface area contributed by atoms with E-state index in [0.717, 1.165) is 49.0 Å². The van der Waals surface area contributed by atoms with Gasteiger partial charge in [0.25, 0.3) is 0 Å². The molecule has 1 aliphatic rings. The summed E-state index contributed by atoms with van der Waals surface area (Å²) in [6, 6.07) is 7.75. The van der Waals surface area contributed by atoms with E-state index in [1.165, 1.54) is 0 Å². The Morgan fingerprint density at radius 2 is 2.08 bits per heavy atom. The monoisotopic (exact) mass is 479 g/mol. The van der Waals surface area contributed by atoms with E-state index in [1.807, 2.05) is 31.2 Å². The third kappa shape index (κ3) is 7.01. The van der Waals surface area contributed by atoms with E-state index in [4.69, 9.17) is 21.3 Å². The maximum Gasteiger partial charge on any atom is 0.309 e. The SMILES string of the molecule is CCNC(=NCc1cccc(Cl)c1)N1CCC(C(=O)OCC)CC1.I. The Bertz CT molecular complexity index is 575. The van der Waals surface area contributed by atoms with Crippen molar-refractivity contribution in [2.24, 2.45) is 10.9 Å². The van der Waals surface area contributed by atoms with E-state index in [0.29, 0.717) is 13.2 Å². The summed E-state index contributed by atoms with van der Waals surface area (Å²) >= 11 is 6.02. The van der Waals surface area contributed by atoms with Crippen LogP contribution in [-0.2, 0) is 16.1 Å². The van der Waals surface area contributed by atoms with Gasteiger partial charge in [-0.2, -0.15) is 0 Å². The Balaban J connectivity index is 0.00000312. The highest BCUT2D eigenvalue weighted by Gasteiger charge is 2.27. The van der Waals surface area contributed by atoms with Crippen molar-refractivity contribution in [1.29, 1.82) is 0 Å². The molecule has 140 valence electrons. The smallest absolute Gasteiger partial charge is 0.309 e. The summed E-state index contributed by atoms with van der Waals surface area (Å²) in [5, 5.41) is 4.06. The minimum Gasteiger partial charge on any atom is -0.466 e. The normalized spacial score (nSPS) is 15.5. The molecule has 1 saturated heterocycles. The molecule has 1 aromatic rings. The predicted molar refractivity (Wildman–Crippen MR) is 113 cm³/mol. The van der Waals surface area contributed by atoms with Crippen molar-refractivity contribution in [3.63, 3.8) is 0 Å². The van der Waals surface area contributed by atoms with Crippen LogP contribution >= 0.6 is 35.6 Å². The van der Waals surface area contributed by atoms with Gasteiger partial charge in [-0.15, -0.1) is 24.0 Å². The van der Waals surface area contributed by atoms with Gasteiger partial charge in [0.2, 0.25) is 0 Å². The first-order chi connectivity index (χ1) is 11.6.